The van der Waals surface area contributed by atoms with Crippen molar-refractivity contribution in [3.05, 3.63) is 64.7 Å². The second kappa shape index (κ2) is 17.8. The van der Waals surface area contributed by atoms with E-state index in [4.69, 9.17) is 19.0 Å². The fourth-order valence-electron chi connectivity index (χ4n) is 5.53. The van der Waals surface area contributed by atoms with Gasteiger partial charge in [-0.1, -0.05) is 18.2 Å². The normalized spacial score (nSPS) is 14.4. The summed E-state index contributed by atoms with van der Waals surface area (Å²) in [5, 5.41) is 5.92. The summed E-state index contributed by atoms with van der Waals surface area (Å²) in [5.74, 6) is -3.27. The number of aliphatic imine (C=N–C) groups is 1. The number of alkyl carbamates (subject to hydrolysis) is 2. The van der Waals surface area contributed by atoms with Gasteiger partial charge in [-0.2, -0.15) is 18.2 Å². The van der Waals surface area contributed by atoms with Gasteiger partial charge < -0.3 is 34.6 Å². The molecule has 0 unspecified atom stereocenters. The quantitative estimate of drug-likeness (QED) is 0.119. The number of halogens is 3. The number of ether oxygens (including phenoxy) is 3. The molecule has 5 amide bonds. The first-order valence-corrected chi connectivity index (χ1v) is 17.7. The molecule has 0 radical (unpaired) electrons. The van der Waals surface area contributed by atoms with Gasteiger partial charge in [0.2, 0.25) is 5.96 Å². The Morgan fingerprint density at radius 1 is 0.782 bits per heavy atom. The first-order chi connectivity index (χ1) is 25.7. The molecule has 18 heteroatoms. The molecule has 2 aliphatic rings. The van der Waals surface area contributed by atoms with E-state index in [1.807, 2.05) is 0 Å². The molecule has 2 aromatic carbocycles. The Kier molecular flexibility index (Phi) is 13.7. The van der Waals surface area contributed by atoms with E-state index < -0.39 is 47.3 Å². The molecule has 0 fully saturated rings. The number of guanidine groups is 1. The number of carbonyl (C=O) groups excluding carboxylic acids is 5. The minimum Gasteiger partial charge on any atom is -0.491 e. The third kappa shape index (κ3) is 12.6. The fraction of sp³-hybridized carbons (Fsp3) is 0.514. The van der Waals surface area contributed by atoms with E-state index in [2.05, 4.69) is 15.6 Å². The van der Waals surface area contributed by atoms with Crippen molar-refractivity contribution in [2.24, 2.45) is 4.99 Å². The van der Waals surface area contributed by atoms with Crippen LogP contribution < -0.4 is 15.4 Å². The van der Waals surface area contributed by atoms with Gasteiger partial charge in [-0.15, -0.1) is 5.06 Å². The topological polar surface area (TPSA) is 168 Å². The van der Waals surface area contributed by atoms with Crippen LogP contribution in [-0.4, -0.2) is 108 Å². The lowest BCUT2D eigenvalue weighted by Gasteiger charge is -2.32. The number of alkyl halides is 3. The van der Waals surface area contributed by atoms with E-state index in [-0.39, 0.29) is 82.4 Å². The van der Waals surface area contributed by atoms with Crippen molar-refractivity contribution >= 4 is 35.9 Å². The van der Waals surface area contributed by atoms with E-state index in [0.717, 1.165) is 5.56 Å². The van der Waals surface area contributed by atoms with Crippen LogP contribution in [0, 0.1) is 0 Å². The second-order valence-corrected chi connectivity index (χ2v) is 14.7. The number of hydroxylamine groups is 2. The number of amides is 5. The molecule has 2 aliphatic heterocycles. The van der Waals surface area contributed by atoms with E-state index in [1.54, 1.807) is 71.9 Å². The van der Waals surface area contributed by atoms with Gasteiger partial charge in [0.05, 0.1) is 11.1 Å². The summed E-state index contributed by atoms with van der Waals surface area (Å²) in [7, 11) is 0. The standard InChI is InChI=1S/C37H47F3N6O9/c1-35(2,3)54-33(50)41-15-9-17-44(18-10-16-42-34(51)55-36(4,5)6)32(43-31(49)37(38,39)40)45-22-24-13-14-26(21-25(24)23-45)52-19-20-53-46-29(47)27-11-7-8-12-28(27)30(46)48/h7-8,11-14,21H,9-10,15-20,22-23H2,1-6H3,(H,41,50)(H,42,51). The molecule has 2 heterocycles. The fourth-order valence-corrected chi connectivity index (χ4v) is 5.53. The van der Waals surface area contributed by atoms with E-state index in [9.17, 15) is 37.1 Å². The van der Waals surface area contributed by atoms with E-state index in [1.165, 1.54) is 21.9 Å². The second-order valence-electron chi connectivity index (χ2n) is 14.7. The molecule has 0 saturated carbocycles. The van der Waals surface area contributed by atoms with Crippen LogP contribution in [0.25, 0.3) is 0 Å². The number of nitrogens with zero attached hydrogens (tertiary/aromatic N) is 4. The zero-order chi connectivity index (χ0) is 40.6. The minimum absolute atomic E-state index is 0.0366. The molecular weight excluding hydrogens is 729 g/mol. The van der Waals surface area contributed by atoms with Crippen LogP contribution in [0.4, 0.5) is 22.8 Å². The third-order valence-corrected chi connectivity index (χ3v) is 7.79. The van der Waals surface area contributed by atoms with Gasteiger partial charge in [0.25, 0.3) is 11.8 Å². The summed E-state index contributed by atoms with van der Waals surface area (Å²) in [5.41, 5.74) is 0.458. The molecule has 55 heavy (non-hydrogen) atoms. The van der Waals surface area contributed by atoms with Gasteiger partial charge in [-0.3, -0.25) is 19.2 Å². The van der Waals surface area contributed by atoms with Crippen LogP contribution in [0.15, 0.2) is 47.5 Å². The van der Waals surface area contributed by atoms with Gasteiger partial charge in [0, 0.05) is 39.3 Å². The zero-order valence-corrected chi connectivity index (χ0v) is 31.7. The first kappa shape index (κ1) is 42.4. The largest absolute Gasteiger partial charge is 0.491 e. The van der Waals surface area contributed by atoms with Crippen molar-refractivity contribution in [3.63, 3.8) is 0 Å². The molecule has 2 aromatic rings. The van der Waals surface area contributed by atoms with Crippen molar-refractivity contribution in [1.29, 1.82) is 0 Å². The summed E-state index contributed by atoms with van der Waals surface area (Å²) in [4.78, 5) is 73.8. The number of imide groups is 1. The maximum absolute atomic E-state index is 13.6. The van der Waals surface area contributed by atoms with E-state index in [0.29, 0.717) is 16.4 Å². The van der Waals surface area contributed by atoms with Crippen LogP contribution in [0.2, 0.25) is 0 Å². The Bertz CT molecular complexity index is 1700. The highest BCUT2D eigenvalue weighted by Gasteiger charge is 2.40. The Morgan fingerprint density at radius 3 is 1.82 bits per heavy atom. The average molecular weight is 777 g/mol. The van der Waals surface area contributed by atoms with Crippen molar-refractivity contribution in [2.45, 2.75) is 84.9 Å². The predicted molar refractivity (Wildman–Crippen MR) is 192 cm³/mol. The maximum atomic E-state index is 13.6. The summed E-state index contributed by atoms with van der Waals surface area (Å²) in [6, 6.07) is 11.4. The first-order valence-electron chi connectivity index (χ1n) is 17.7. The molecule has 0 aliphatic carbocycles. The van der Waals surface area contributed by atoms with Crippen LogP contribution in [0.1, 0.15) is 86.2 Å². The molecule has 0 saturated heterocycles. The molecule has 4 rings (SSSR count). The average Bonchev–Trinajstić information content (AvgIpc) is 3.60. The van der Waals surface area contributed by atoms with Crippen LogP contribution in [-0.2, 0) is 32.2 Å². The van der Waals surface area contributed by atoms with Crippen molar-refractivity contribution in [1.82, 2.24) is 25.5 Å². The lowest BCUT2D eigenvalue weighted by atomic mass is 10.1. The Hall–Kier alpha value is -5.39. The lowest BCUT2D eigenvalue weighted by Crippen LogP contribution is -2.45. The van der Waals surface area contributed by atoms with Gasteiger partial charge in [0.1, 0.15) is 30.2 Å². The number of benzene rings is 2. The van der Waals surface area contributed by atoms with E-state index >= 15 is 0 Å². The van der Waals surface area contributed by atoms with Crippen molar-refractivity contribution in [3.8, 4) is 5.75 Å². The summed E-state index contributed by atoms with van der Waals surface area (Å²) in [6.07, 6.45) is -6.07. The molecular formula is C37H47F3N6O9. The van der Waals surface area contributed by atoms with Crippen molar-refractivity contribution < 1.29 is 56.2 Å². The van der Waals surface area contributed by atoms with Gasteiger partial charge >= 0.3 is 24.3 Å². The van der Waals surface area contributed by atoms with Crippen LogP contribution in [0.5, 0.6) is 5.75 Å². The minimum atomic E-state index is -5.24. The number of rotatable bonds is 13. The number of hydrogen-bond acceptors (Lipinski definition) is 9. The van der Waals surface area contributed by atoms with Crippen LogP contribution in [0.3, 0.4) is 0 Å². The van der Waals surface area contributed by atoms with Crippen LogP contribution >= 0.6 is 0 Å². The third-order valence-electron chi connectivity index (χ3n) is 7.79. The summed E-state index contributed by atoms with van der Waals surface area (Å²) >= 11 is 0. The summed E-state index contributed by atoms with van der Waals surface area (Å²) in [6.45, 7) is 10.7. The molecule has 0 bridgehead atoms. The predicted octanol–water partition coefficient (Wildman–Crippen LogP) is 5.19. The molecule has 15 nitrogen and oxygen atoms in total. The smallest absolute Gasteiger partial charge is 0.473 e. The summed E-state index contributed by atoms with van der Waals surface area (Å²) < 4.78 is 57.1. The maximum Gasteiger partial charge on any atom is 0.473 e. The van der Waals surface area contributed by atoms with Gasteiger partial charge in [-0.05, 0) is 89.8 Å². The molecule has 2 N–H and O–H groups in total. The Labute approximate surface area is 317 Å². The monoisotopic (exact) mass is 776 g/mol. The Balaban J connectivity index is 1.44. The van der Waals surface area contributed by atoms with Gasteiger partial charge in [-0.25, -0.2) is 9.59 Å². The zero-order valence-electron chi connectivity index (χ0n) is 31.7. The highest BCUT2D eigenvalue weighted by atomic mass is 19.4. The molecule has 300 valence electrons. The number of hydrogen-bond donors (Lipinski definition) is 2. The molecule has 0 atom stereocenters. The number of nitrogens with one attached hydrogen (secondary N) is 2. The molecule has 0 spiro atoms. The lowest BCUT2D eigenvalue weighted by molar-refractivity contribution is -0.169. The van der Waals surface area contributed by atoms with Gasteiger partial charge in [0.15, 0.2) is 0 Å². The number of fused-ring (bicyclic) bond motifs is 2. The highest BCUT2D eigenvalue weighted by molar-refractivity contribution is 6.20. The molecule has 0 aromatic heterocycles. The Morgan fingerprint density at radius 2 is 1.31 bits per heavy atom. The number of carbonyl (C=O) groups is 5. The highest BCUT2D eigenvalue weighted by Crippen LogP contribution is 2.29. The SMILES string of the molecule is CC(C)(C)OC(=O)NCCCN(CCCNC(=O)OC(C)(C)C)C(=NC(=O)C(F)(F)F)N1Cc2ccc(OCCON3C(=O)c4ccccc4C3=O)cc2C1. The van der Waals surface area contributed by atoms with Crippen molar-refractivity contribution in [2.75, 3.05) is 39.4 Å².